The van der Waals surface area contributed by atoms with E-state index in [1.807, 2.05) is 48.2 Å². The number of para-hydroxylation sites is 1. The molecule has 0 aromatic heterocycles. The molecule has 0 aliphatic carbocycles. The van der Waals surface area contributed by atoms with E-state index in [2.05, 4.69) is 49.3 Å². The van der Waals surface area contributed by atoms with Gasteiger partial charge in [-0.15, -0.1) is 11.8 Å². The Morgan fingerprint density at radius 3 is 2.58 bits per heavy atom. The molecule has 192 valence electrons. The minimum atomic E-state index is -0.598. The minimum absolute atomic E-state index is 0.00400. The summed E-state index contributed by atoms with van der Waals surface area (Å²) < 4.78 is 5.48. The van der Waals surface area contributed by atoms with Crippen LogP contribution in [0.25, 0.3) is 0 Å². The van der Waals surface area contributed by atoms with Crippen molar-refractivity contribution in [2.75, 3.05) is 19.9 Å². The number of aryl methyl sites for hydroxylation is 1. The molecule has 2 aromatic carbocycles. The first-order valence-corrected chi connectivity index (χ1v) is 13.7. The van der Waals surface area contributed by atoms with Gasteiger partial charge in [-0.3, -0.25) is 14.5 Å². The molecule has 0 spiro atoms. The maximum atomic E-state index is 14.0. The second kappa shape index (κ2) is 11.5. The van der Waals surface area contributed by atoms with Crippen LogP contribution in [0.3, 0.4) is 0 Å². The number of thioether (sulfide) groups is 1. The number of benzene rings is 2. The van der Waals surface area contributed by atoms with E-state index in [4.69, 9.17) is 4.74 Å². The van der Waals surface area contributed by atoms with E-state index in [0.717, 1.165) is 23.3 Å². The lowest BCUT2D eigenvalue weighted by molar-refractivity contribution is -0.140. The topological polar surface area (TPSA) is 61.9 Å². The Kier molecular flexibility index (Phi) is 8.42. The number of likely N-dealkylation sites (N-methyl/N-ethyl adjacent to an activating group) is 1. The van der Waals surface area contributed by atoms with Crippen LogP contribution in [0.4, 0.5) is 0 Å². The lowest BCUT2D eigenvalue weighted by Gasteiger charge is -2.35. The molecular formula is C29H37N3O3S. The lowest BCUT2D eigenvalue weighted by Crippen LogP contribution is -2.53. The molecule has 0 saturated carbocycles. The molecule has 4 atom stereocenters. The third-order valence-electron chi connectivity index (χ3n) is 7.45. The Balaban J connectivity index is 1.71. The molecule has 0 radical (unpaired) electrons. The smallest absolute Gasteiger partial charge is 0.243 e. The summed E-state index contributed by atoms with van der Waals surface area (Å²) in [4.78, 5) is 31.7. The van der Waals surface area contributed by atoms with Crippen molar-refractivity contribution in [3.63, 3.8) is 0 Å². The SMILES string of the molecule is C/C=C1/C2C(C(=O)NCc3ccccc3OC)N(Cc3ccc(C)cc3)C(=O)CSC2N(C)C1CC. The Morgan fingerprint density at radius 1 is 1.19 bits per heavy atom. The normalized spacial score (nSPS) is 25.5. The maximum absolute atomic E-state index is 14.0. The summed E-state index contributed by atoms with van der Waals surface area (Å²) in [5.41, 5.74) is 4.35. The molecule has 1 N–H and O–H groups in total. The molecule has 2 saturated heterocycles. The highest BCUT2D eigenvalue weighted by Gasteiger charge is 2.52. The van der Waals surface area contributed by atoms with Gasteiger partial charge in [0, 0.05) is 30.6 Å². The molecule has 2 aliphatic heterocycles. The van der Waals surface area contributed by atoms with E-state index in [0.29, 0.717) is 18.8 Å². The number of hydrogen-bond acceptors (Lipinski definition) is 5. The van der Waals surface area contributed by atoms with Crippen LogP contribution in [-0.4, -0.2) is 59.0 Å². The second-order valence-corrected chi connectivity index (χ2v) is 10.7. The molecule has 7 heteroatoms. The third-order valence-corrected chi connectivity index (χ3v) is 8.83. The zero-order chi connectivity index (χ0) is 25.8. The number of nitrogens with zero attached hydrogens (tertiary/aromatic N) is 2. The zero-order valence-electron chi connectivity index (χ0n) is 21.9. The fourth-order valence-electron chi connectivity index (χ4n) is 5.63. The van der Waals surface area contributed by atoms with Crippen molar-refractivity contribution in [2.24, 2.45) is 5.92 Å². The number of likely N-dealkylation sites (tertiary alicyclic amines) is 1. The van der Waals surface area contributed by atoms with Crippen molar-refractivity contribution in [3.8, 4) is 5.75 Å². The number of allylic oxidation sites excluding steroid dienone is 1. The molecule has 2 heterocycles. The van der Waals surface area contributed by atoms with Crippen molar-refractivity contribution >= 4 is 23.6 Å². The molecule has 4 unspecified atom stereocenters. The van der Waals surface area contributed by atoms with Gasteiger partial charge in [0.25, 0.3) is 0 Å². The first-order chi connectivity index (χ1) is 17.4. The van der Waals surface area contributed by atoms with Crippen LogP contribution in [0, 0.1) is 12.8 Å². The van der Waals surface area contributed by atoms with Gasteiger partial charge in [0.15, 0.2) is 0 Å². The van der Waals surface area contributed by atoms with Crippen LogP contribution in [0.1, 0.15) is 37.0 Å². The highest BCUT2D eigenvalue weighted by atomic mass is 32.2. The van der Waals surface area contributed by atoms with Crippen LogP contribution in [-0.2, 0) is 22.7 Å². The number of carbonyl (C=O) groups is 2. The number of carbonyl (C=O) groups excluding carboxylic acids is 2. The Bertz CT molecular complexity index is 1120. The minimum Gasteiger partial charge on any atom is -0.496 e. The predicted octanol–water partition coefficient (Wildman–Crippen LogP) is 4.38. The lowest BCUT2D eigenvalue weighted by atomic mass is 9.87. The third kappa shape index (κ3) is 5.18. The van der Waals surface area contributed by atoms with Gasteiger partial charge < -0.3 is 15.0 Å². The number of amides is 2. The van der Waals surface area contributed by atoms with Crippen LogP contribution in [0.15, 0.2) is 60.2 Å². The Hall–Kier alpha value is -2.77. The van der Waals surface area contributed by atoms with Crippen LogP contribution in [0.2, 0.25) is 0 Å². The van der Waals surface area contributed by atoms with Gasteiger partial charge in [-0.05, 0) is 44.5 Å². The Labute approximate surface area is 219 Å². The molecule has 6 nitrogen and oxygen atoms in total. The number of ether oxygens (including phenoxy) is 1. The van der Waals surface area contributed by atoms with Gasteiger partial charge in [-0.2, -0.15) is 0 Å². The molecule has 2 fully saturated rings. The summed E-state index contributed by atoms with van der Waals surface area (Å²) in [5, 5.41) is 3.22. The highest BCUT2D eigenvalue weighted by molar-refractivity contribution is 8.00. The fourth-order valence-corrected chi connectivity index (χ4v) is 7.00. The van der Waals surface area contributed by atoms with Gasteiger partial charge in [0.2, 0.25) is 11.8 Å². The van der Waals surface area contributed by atoms with E-state index >= 15 is 0 Å². The van der Waals surface area contributed by atoms with Crippen LogP contribution >= 0.6 is 11.8 Å². The number of hydrogen-bond donors (Lipinski definition) is 1. The molecule has 2 aliphatic rings. The average Bonchev–Trinajstić information content (AvgIpc) is 3.07. The molecule has 0 bridgehead atoms. The van der Waals surface area contributed by atoms with Crippen molar-refractivity contribution in [1.29, 1.82) is 0 Å². The Morgan fingerprint density at radius 2 is 1.92 bits per heavy atom. The van der Waals surface area contributed by atoms with Crippen molar-refractivity contribution < 1.29 is 14.3 Å². The number of rotatable bonds is 7. The summed E-state index contributed by atoms with van der Waals surface area (Å²) in [6.07, 6.45) is 3.13. The summed E-state index contributed by atoms with van der Waals surface area (Å²) in [6, 6.07) is 15.6. The maximum Gasteiger partial charge on any atom is 0.243 e. The van der Waals surface area contributed by atoms with E-state index in [1.165, 1.54) is 11.1 Å². The summed E-state index contributed by atoms with van der Waals surface area (Å²) in [6.45, 7) is 7.04. The predicted molar refractivity (Wildman–Crippen MR) is 146 cm³/mol. The summed E-state index contributed by atoms with van der Waals surface area (Å²) in [7, 11) is 3.76. The second-order valence-electron chi connectivity index (χ2n) is 9.59. The number of nitrogens with one attached hydrogen (secondary N) is 1. The van der Waals surface area contributed by atoms with E-state index in [-0.39, 0.29) is 29.1 Å². The zero-order valence-corrected chi connectivity index (χ0v) is 22.7. The number of fused-ring (bicyclic) bond motifs is 1. The van der Waals surface area contributed by atoms with E-state index < -0.39 is 6.04 Å². The van der Waals surface area contributed by atoms with E-state index in [9.17, 15) is 9.59 Å². The first kappa shape index (κ1) is 26.3. The quantitative estimate of drug-likeness (QED) is 0.564. The fraction of sp³-hybridized carbons (Fsp3) is 0.448. The van der Waals surface area contributed by atoms with E-state index in [1.54, 1.807) is 18.9 Å². The summed E-state index contributed by atoms with van der Waals surface area (Å²) >= 11 is 1.66. The largest absolute Gasteiger partial charge is 0.496 e. The van der Waals surface area contributed by atoms with Gasteiger partial charge in [0.1, 0.15) is 11.8 Å². The summed E-state index contributed by atoms with van der Waals surface area (Å²) in [5.74, 6) is 0.902. The van der Waals surface area contributed by atoms with Crippen LogP contribution < -0.4 is 10.1 Å². The van der Waals surface area contributed by atoms with Gasteiger partial charge in [-0.1, -0.05) is 61.0 Å². The molecule has 2 aromatic rings. The van der Waals surface area contributed by atoms with Gasteiger partial charge in [-0.25, -0.2) is 0 Å². The number of methoxy groups -OCH3 is 1. The van der Waals surface area contributed by atoms with Crippen molar-refractivity contribution in [3.05, 3.63) is 76.9 Å². The molecular weight excluding hydrogens is 470 g/mol. The molecule has 36 heavy (non-hydrogen) atoms. The van der Waals surface area contributed by atoms with Crippen molar-refractivity contribution in [1.82, 2.24) is 15.1 Å². The molecule has 2 amide bonds. The average molecular weight is 508 g/mol. The standard InChI is InChI=1S/C29H37N3O3S/c1-6-22-23(7-2)31(4)29-26(22)27(28(34)30-16-21-10-8-9-11-24(21)35-5)32(25(33)18-36-29)17-20-14-12-19(3)13-15-20/h6,8-15,23,26-27,29H,7,16-18H2,1-5H3,(H,30,34)/b22-6+. The van der Waals surface area contributed by atoms with Gasteiger partial charge in [0.05, 0.1) is 18.2 Å². The monoisotopic (exact) mass is 507 g/mol. The molecule has 4 rings (SSSR count). The van der Waals surface area contributed by atoms with Crippen molar-refractivity contribution in [2.45, 2.75) is 57.7 Å². The van der Waals surface area contributed by atoms with Gasteiger partial charge >= 0.3 is 0 Å². The van der Waals surface area contributed by atoms with Crippen LogP contribution in [0.5, 0.6) is 5.75 Å². The highest BCUT2D eigenvalue weighted by Crippen LogP contribution is 2.46. The first-order valence-electron chi connectivity index (χ1n) is 12.6.